The number of ketones is 1. The average molecular weight is 1390 g/mol. The van der Waals surface area contributed by atoms with Crippen molar-refractivity contribution in [3.05, 3.63) is 105 Å². The summed E-state index contributed by atoms with van der Waals surface area (Å²) in [5, 5.41) is 17.0. The van der Waals surface area contributed by atoms with E-state index in [0.29, 0.717) is 68.7 Å². The van der Waals surface area contributed by atoms with Gasteiger partial charge in [-0.3, -0.25) is 58.1 Å². The maximum absolute atomic E-state index is 15.1. The standard InChI is InChI=1S/C62H81N15O12S.Na.Pd/c1-8-38-31(2)42-29-47-51(36(7)78)33(4)44(71-47)27-43-32(3)39(54(72-43)53-55-52(34(5)45(73-55)28-46(38)70-42)60(85)77(61(53)86)68-24-15-25-90(87,88)89)20-21-49(79)65-22-13-12-18-41-58(83)74-40(19-14-23-66-62(63)64)57(82)67-30-50(80)69-35(6)56(81)76-48(59(84)75-41)26-37-16-10-9-11-17-37;;/h9-11,16-17,27-29,31-32,35,38-41,48,68H,8,12-15,18-26,30H2,1-7H3,(H13,63,64,65,66,67,69,70,71,72,73,74,75,76,78,79,80,81,82,83,84,85,86,87,88,89);;/q;+1;+2/p-3/t31?,32?,35?,38-,39+,40?,41+,48?;;/m1../s1. The number of unbranched alkanes of at least 4 members (excludes halogenated alkanes) is 1. The molecule has 0 aliphatic carbocycles. The number of aryl methyl sites for hydroxylation is 2. The van der Waals surface area contributed by atoms with Crippen LogP contribution in [0.25, 0.3) is 22.1 Å². The first kappa shape index (κ1) is 73.8. The molecule has 0 saturated carbocycles. The number of rotatable bonds is 21. The molecular weight excluding hydrogens is 1310 g/mol. The Labute approximate surface area is 569 Å². The molecule has 92 heavy (non-hydrogen) atoms. The molecule has 8 amide bonds. The molecule has 1 fully saturated rings. The number of imide groups is 1. The van der Waals surface area contributed by atoms with Crippen molar-refractivity contribution < 1.29 is 106 Å². The van der Waals surface area contributed by atoms with E-state index in [4.69, 9.17) is 31.4 Å². The van der Waals surface area contributed by atoms with Gasteiger partial charge in [-0.15, -0.1) is 22.1 Å². The second-order valence-electron chi connectivity index (χ2n) is 23.4. The normalized spacial score (nSPS) is 21.2. The number of benzene rings is 1. The van der Waals surface area contributed by atoms with Crippen molar-refractivity contribution in [2.75, 3.05) is 31.9 Å². The Hall–Kier alpha value is -7.23. The van der Waals surface area contributed by atoms with Gasteiger partial charge in [0.2, 0.25) is 35.4 Å². The van der Waals surface area contributed by atoms with Crippen molar-refractivity contribution in [1.29, 1.82) is 0 Å². The fraction of sp³-hybridized carbons (Fsp3) is 0.484. The predicted octanol–water partition coefficient (Wildman–Crippen LogP) is -0.934. The molecule has 1 saturated heterocycles. The largest absolute Gasteiger partial charge is 2.00 e. The summed E-state index contributed by atoms with van der Waals surface area (Å²) >= 11 is 0. The van der Waals surface area contributed by atoms with Gasteiger partial charge in [0.15, 0.2) is 11.7 Å². The van der Waals surface area contributed by atoms with Gasteiger partial charge in [-0.05, 0) is 84.6 Å². The average Bonchev–Trinajstić information content (AvgIpc) is 1.56. The van der Waals surface area contributed by atoms with Crippen LogP contribution in [0.5, 0.6) is 0 Å². The van der Waals surface area contributed by atoms with E-state index in [-0.39, 0.29) is 173 Å². The van der Waals surface area contributed by atoms with Crippen LogP contribution in [-0.2, 0) is 65.7 Å². The van der Waals surface area contributed by atoms with Crippen LogP contribution >= 0.6 is 0 Å². The first-order valence-corrected chi connectivity index (χ1v) is 31.9. The van der Waals surface area contributed by atoms with E-state index in [2.05, 4.69) is 42.3 Å². The Morgan fingerprint density at radius 3 is 2.01 bits per heavy atom. The minimum absolute atomic E-state index is 0. The van der Waals surface area contributed by atoms with E-state index in [1.807, 2.05) is 26.8 Å². The zero-order chi connectivity index (χ0) is 65.3. The van der Waals surface area contributed by atoms with Crippen molar-refractivity contribution >= 4 is 91.2 Å². The van der Waals surface area contributed by atoms with Crippen molar-refractivity contribution in [2.24, 2.45) is 16.5 Å². The Morgan fingerprint density at radius 2 is 1.34 bits per heavy atom. The molecule has 0 spiro atoms. The third-order valence-corrected chi connectivity index (χ3v) is 17.7. The van der Waals surface area contributed by atoms with Gasteiger partial charge < -0.3 is 57.9 Å². The molecule has 8 atom stereocenters. The molecule has 27 nitrogen and oxygen atoms in total. The number of Topliss-reactive ketones (excluding diaryl/α,β-unsaturated/α-hetero) is 1. The number of nitrogens with two attached hydrogens (primary N) is 2. The van der Waals surface area contributed by atoms with Gasteiger partial charge in [0, 0.05) is 95.7 Å². The smallest absolute Gasteiger partial charge is 0.748 e. The Morgan fingerprint density at radius 1 is 0.728 bits per heavy atom. The quantitative estimate of drug-likeness (QED) is 0.00925. The van der Waals surface area contributed by atoms with Gasteiger partial charge in [-0.25, -0.2) is 18.9 Å². The summed E-state index contributed by atoms with van der Waals surface area (Å²) in [4.78, 5) is 150. The van der Waals surface area contributed by atoms with Gasteiger partial charge in [0.1, 0.15) is 24.2 Å². The number of aliphatic imine (C=N–C) groups is 1. The van der Waals surface area contributed by atoms with Crippen LogP contribution in [0.4, 0.5) is 0 Å². The predicted molar refractivity (Wildman–Crippen MR) is 331 cm³/mol. The van der Waals surface area contributed by atoms with Crippen molar-refractivity contribution in [1.82, 2.24) is 62.3 Å². The second kappa shape index (κ2) is 32.6. The Balaban J connectivity index is 0.00000672. The summed E-state index contributed by atoms with van der Waals surface area (Å²) in [5.41, 5.74) is 19.4. The van der Waals surface area contributed by atoms with Crippen LogP contribution in [0, 0.1) is 13.8 Å². The van der Waals surface area contributed by atoms with Gasteiger partial charge in [-0.1, -0.05) is 80.4 Å². The molecular formula is C62H78N15NaO12PdS. The number of guanidine groups is 1. The van der Waals surface area contributed by atoms with E-state index < -0.39 is 99.8 Å². The monoisotopic (exact) mass is 1390 g/mol. The second-order valence-corrected chi connectivity index (χ2v) is 24.9. The van der Waals surface area contributed by atoms with Crippen molar-refractivity contribution in [3.8, 4) is 0 Å². The zero-order valence-electron chi connectivity index (χ0n) is 52.8. The summed E-state index contributed by atoms with van der Waals surface area (Å²) in [5.74, 6) is -8.00. The molecule has 5 unspecified atom stereocenters. The first-order valence-electron chi connectivity index (χ1n) is 30.3. The zero-order valence-corrected chi connectivity index (χ0v) is 57.2. The molecule has 8 rings (SSSR count). The fourth-order valence-electron chi connectivity index (χ4n) is 12.0. The SMILES string of the molecule is CC[C@H]1c2cc3[n-]c4c(c5nc(cc6[n-]c(cc(n2)C1C)c(C(C)=O)c6C)C(C)[C@@H]5CCC(=O)NCCCC[C@@H]1NC(=O)C(Cc2ccccc2)NC(=O)C(C)NC(=O)CNC(=O)C(CCCN=C(N)N)NC1=O)C(=O)N(NCCCS(=O)(=O)[O-])C(=O)c4c3C.[Na+].[Pd+2]. The number of carbonyl (C=O) groups excluding carboxylic acids is 9. The van der Waals surface area contributed by atoms with Crippen molar-refractivity contribution in [2.45, 2.75) is 161 Å². The van der Waals surface area contributed by atoms with Crippen LogP contribution in [0.1, 0.15) is 187 Å². The van der Waals surface area contributed by atoms with E-state index in [1.54, 1.807) is 56.3 Å². The maximum Gasteiger partial charge on any atom is 2.00 e. The van der Waals surface area contributed by atoms with E-state index in [0.717, 1.165) is 5.01 Å². The van der Waals surface area contributed by atoms with Crippen LogP contribution in [0.3, 0.4) is 0 Å². The van der Waals surface area contributed by atoms with Gasteiger partial charge in [0.25, 0.3) is 11.8 Å². The van der Waals surface area contributed by atoms with Crippen LogP contribution in [0.2, 0.25) is 0 Å². The molecule has 1 aromatic carbocycles. The number of nitrogens with zero attached hydrogens (tertiary/aromatic N) is 6. The number of carbonyl (C=O) groups is 9. The van der Waals surface area contributed by atoms with E-state index in [1.165, 1.54) is 13.8 Å². The number of amides is 8. The molecule has 4 aliphatic rings. The molecule has 11 N–H and O–H groups in total. The van der Waals surface area contributed by atoms with Gasteiger partial charge in [-0.2, -0.15) is 0 Å². The van der Waals surface area contributed by atoms with Gasteiger partial charge in [0.05, 0.1) is 22.4 Å². The summed E-state index contributed by atoms with van der Waals surface area (Å²) in [6.45, 7) is 11.8. The number of fused-ring (bicyclic) bond motifs is 8. The molecule has 0 radical (unpaired) electrons. The number of aromatic nitrogens is 4. The summed E-state index contributed by atoms with van der Waals surface area (Å²) in [6, 6.07) is 9.45. The Kier molecular flexibility index (Phi) is 26.1. The number of nitrogens with one attached hydrogen (secondary N) is 7. The first-order chi connectivity index (χ1) is 42.7. The minimum Gasteiger partial charge on any atom is -0.748 e. The summed E-state index contributed by atoms with van der Waals surface area (Å²) in [7, 11) is -4.63. The molecule has 4 aliphatic heterocycles. The fourth-order valence-corrected chi connectivity index (χ4v) is 12.5. The molecule has 7 heterocycles. The third kappa shape index (κ3) is 17.9. The molecule has 3 aromatic heterocycles. The molecule has 4 aromatic rings. The minimum atomic E-state index is -4.63. The summed E-state index contributed by atoms with van der Waals surface area (Å²) in [6.07, 6.45) is 1.36. The molecule has 30 heteroatoms. The van der Waals surface area contributed by atoms with Crippen LogP contribution in [-0.4, -0.2) is 143 Å². The topological polar surface area (TPSA) is 417 Å². The third-order valence-electron chi connectivity index (χ3n) is 16.9. The summed E-state index contributed by atoms with van der Waals surface area (Å²) < 4.78 is 34.7. The van der Waals surface area contributed by atoms with Gasteiger partial charge >= 0.3 is 50.0 Å². The number of hydrogen-bond acceptors (Lipinski definition) is 16. The number of hydrogen-bond donors (Lipinski definition) is 9. The van der Waals surface area contributed by atoms with E-state index >= 15 is 4.79 Å². The molecule has 8 bridgehead atoms. The Bertz CT molecular complexity index is 3800. The van der Waals surface area contributed by atoms with E-state index in [9.17, 15) is 51.3 Å². The molecule has 490 valence electrons. The van der Waals surface area contributed by atoms with Crippen LogP contribution < -0.4 is 88.3 Å². The number of hydrazine groups is 1. The van der Waals surface area contributed by atoms with Crippen LogP contribution in [0.15, 0.2) is 53.5 Å². The van der Waals surface area contributed by atoms with Crippen molar-refractivity contribution in [3.63, 3.8) is 0 Å². The maximum atomic E-state index is 15.1.